The fourth-order valence-corrected chi connectivity index (χ4v) is 4.61. The summed E-state index contributed by atoms with van der Waals surface area (Å²) in [5, 5.41) is 3.10. The van der Waals surface area contributed by atoms with E-state index in [1.807, 2.05) is 93.6 Å². The fourth-order valence-electron chi connectivity index (χ4n) is 4.10. The summed E-state index contributed by atoms with van der Waals surface area (Å²) in [6, 6.07) is 23.1. The third-order valence-electron chi connectivity index (χ3n) is 6.72. The summed E-state index contributed by atoms with van der Waals surface area (Å²) in [4.78, 5) is 29.0. The molecule has 0 spiro atoms. The minimum Gasteiger partial charge on any atom is -0.483 e. The summed E-state index contributed by atoms with van der Waals surface area (Å²) in [7, 11) is 0. The molecule has 0 aromatic heterocycles. The van der Waals surface area contributed by atoms with E-state index in [0.29, 0.717) is 24.6 Å². The van der Waals surface area contributed by atoms with Gasteiger partial charge in [0.1, 0.15) is 11.8 Å². The fraction of sp³-hybridized carbons (Fsp3) is 0.375. The van der Waals surface area contributed by atoms with Gasteiger partial charge >= 0.3 is 0 Å². The highest BCUT2D eigenvalue weighted by molar-refractivity contribution is 9.10. The van der Waals surface area contributed by atoms with Crippen molar-refractivity contribution >= 4 is 27.7 Å². The minimum absolute atomic E-state index is 0.00350. The number of ether oxygens (including phenoxy) is 1. The number of hydrogen-bond acceptors (Lipinski definition) is 3. The molecule has 6 heteroatoms. The topological polar surface area (TPSA) is 58.6 Å². The van der Waals surface area contributed by atoms with Gasteiger partial charge < -0.3 is 15.0 Å². The Kier molecular flexibility index (Phi) is 11.0. The Morgan fingerprint density at radius 3 is 2.24 bits per heavy atom. The van der Waals surface area contributed by atoms with Gasteiger partial charge in [0.25, 0.3) is 5.91 Å². The molecule has 0 fully saturated rings. The lowest BCUT2D eigenvalue weighted by Crippen LogP contribution is -2.53. The average Bonchev–Trinajstić information content (AvgIpc) is 2.91. The van der Waals surface area contributed by atoms with Crippen LogP contribution < -0.4 is 10.1 Å². The van der Waals surface area contributed by atoms with Crippen LogP contribution in [0.15, 0.2) is 77.3 Å². The van der Waals surface area contributed by atoms with Gasteiger partial charge in [-0.15, -0.1) is 0 Å². The van der Waals surface area contributed by atoms with E-state index in [1.54, 1.807) is 4.90 Å². The van der Waals surface area contributed by atoms with Crippen molar-refractivity contribution in [2.45, 2.75) is 72.0 Å². The van der Waals surface area contributed by atoms with Crippen LogP contribution in [0.1, 0.15) is 62.3 Å². The van der Waals surface area contributed by atoms with Crippen LogP contribution in [0.5, 0.6) is 5.75 Å². The van der Waals surface area contributed by atoms with Gasteiger partial charge in [0.15, 0.2) is 6.61 Å². The Morgan fingerprint density at radius 2 is 1.63 bits per heavy atom. The van der Waals surface area contributed by atoms with Crippen molar-refractivity contribution in [2.24, 2.45) is 0 Å². The molecular formula is C32H39BrN2O3. The number of hydrogen-bond donors (Lipinski definition) is 1. The van der Waals surface area contributed by atoms with Gasteiger partial charge in [-0.1, -0.05) is 87.0 Å². The molecule has 0 saturated carbocycles. The van der Waals surface area contributed by atoms with E-state index in [-0.39, 0.29) is 24.5 Å². The molecule has 3 rings (SSSR count). The molecule has 2 unspecified atom stereocenters. The van der Waals surface area contributed by atoms with E-state index >= 15 is 0 Å². The summed E-state index contributed by atoms with van der Waals surface area (Å²) < 4.78 is 6.79. The quantitative estimate of drug-likeness (QED) is 0.256. The zero-order chi connectivity index (χ0) is 27.7. The van der Waals surface area contributed by atoms with Gasteiger partial charge in [-0.05, 0) is 70.9 Å². The monoisotopic (exact) mass is 578 g/mol. The Balaban J connectivity index is 1.91. The largest absolute Gasteiger partial charge is 0.483 e. The molecule has 0 aliphatic heterocycles. The van der Waals surface area contributed by atoms with E-state index in [9.17, 15) is 9.59 Å². The van der Waals surface area contributed by atoms with Crippen LogP contribution >= 0.6 is 15.9 Å². The lowest BCUT2D eigenvalue weighted by molar-refractivity contribution is -0.143. The Hall–Kier alpha value is -3.12. The first kappa shape index (κ1) is 29.4. The number of aryl methyl sites for hydroxylation is 1. The Morgan fingerprint density at radius 1 is 0.947 bits per heavy atom. The van der Waals surface area contributed by atoms with E-state index in [2.05, 4.69) is 35.1 Å². The van der Waals surface area contributed by atoms with Gasteiger partial charge in [0.05, 0.1) is 4.47 Å². The Labute approximate surface area is 235 Å². The van der Waals surface area contributed by atoms with Crippen LogP contribution in [0.2, 0.25) is 0 Å². The zero-order valence-electron chi connectivity index (χ0n) is 23.0. The summed E-state index contributed by atoms with van der Waals surface area (Å²) >= 11 is 3.58. The van der Waals surface area contributed by atoms with E-state index < -0.39 is 6.04 Å². The number of rotatable bonds is 12. The highest BCUT2D eigenvalue weighted by Crippen LogP contribution is 2.29. The second-order valence-electron chi connectivity index (χ2n) is 10.2. The second kappa shape index (κ2) is 14.1. The number of carbonyl (C=O) groups is 2. The third kappa shape index (κ3) is 8.45. The van der Waals surface area contributed by atoms with Crippen molar-refractivity contribution in [2.75, 3.05) is 6.61 Å². The van der Waals surface area contributed by atoms with Gasteiger partial charge in [-0.25, -0.2) is 0 Å². The molecule has 3 aromatic carbocycles. The van der Waals surface area contributed by atoms with Crippen molar-refractivity contribution in [3.8, 4) is 5.75 Å². The van der Waals surface area contributed by atoms with E-state index in [0.717, 1.165) is 27.6 Å². The summed E-state index contributed by atoms with van der Waals surface area (Å²) in [6.45, 7) is 10.4. The maximum absolute atomic E-state index is 13.8. The molecule has 38 heavy (non-hydrogen) atoms. The standard InChI is InChI=1S/C32H39BrN2O3/c1-6-24(5)34-32(37)29(18-25-10-8-7-9-11-25)35(20-26-14-12-23(4)13-15-26)31(36)21-38-30-17-16-27(22(2)3)19-28(30)33/h7-17,19,22,24,29H,6,18,20-21H2,1-5H3,(H,34,37). The molecular weight excluding hydrogens is 540 g/mol. The summed E-state index contributed by atoms with van der Waals surface area (Å²) in [6.07, 6.45) is 1.21. The smallest absolute Gasteiger partial charge is 0.261 e. The molecule has 3 aromatic rings. The van der Waals surface area contributed by atoms with E-state index in [4.69, 9.17) is 4.74 Å². The van der Waals surface area contributed by atoms with Crippen LogP contribution in [-0.2, 0) is 22.6 Å². The molecule has 0 bridgehead atoms. The molecule has 2 atom stereocenters. The molecule has 2 amide bonds. The summed E-state index contributed by atoms with van der Waals surface area (Å²) in [5.74, 6) is 0.577. The predicted octanol–water partition coefficient (Wildman–Crippen LogP) is 6.81. The SMILES string of the molecule is CCC(C)NC(=O)C(Cc1ccccc1)N(Cc1ccc(C)cc1)C(=O)COc1ccc(C(C)C)cc1Br. The number of nitrogens with zero attached hydrogens (tertiary/aromatic N) is 1. The molecule has 1 N–H and O–H groups in total. The summed E-state index contributed by atoms with van der Waals surface area (Å²) in [5.41, 5.74) is 4.27. The van der Waals surface area contributed by atoms with Crippen LogP contribution in [0.4, 0.5) is 0 Å². The van der Waals surface area contributed by atoms with Gasteiger partial charge in [0.2, 0.25) is 5.91 Å². The first-order chi connectivity index (χ1) is 18.2. The average molecular weight is 580 g/mol. The van der Waals surface area contributed by atoms with Crippen molar-refractivity contribution in [3.05, 3.63) is 99.5 Å². The molecule has 5 nitrogen and oxygen atoms in total. The molecule has 0 heterocycles. The number of nitrogens with one attached hydrogen (secondary N) is 1. The van der Waals surface area contributed by atoms with Crippen LogP contribution in [0.25, 0.3) is 0 Å². The van der Waals surface area contributed by atoms with Gasteiger partial charge in [-0.2, -0.15) is 0 Å². The van der Waals surface area contributed by atoms with E-state index in [1.165, 1.54) is 5.56 Å². The lowest BCUT2D eigenvalue weighted by Gasteiger charge is -2.32. The predicted molar refractivity (Wildman–Crippen MR) is 157 cm³/mol. The minimum atomic E-state index is -0.685. The zero-order valence-corrected chi connectivity index (χ0v) is 24.6. The second-order valence-corrected chi connectivity index (χ2v) is 11.0. The molecule has 0 saturated heterocycles. The number of carbonyl (C=O) groups excluding carboxylic acids is 2. The number of amides is 2. The van der Waals surface area contributed by atoms with Crippen molar-refractivity contribution in [3.63, 3.8) is 0 Å². The highest BCUT2D eigenvalue weighted by Gasteiger charge is 2.31. The lowest BCUT2D eigenvalue weighted by atomic mass is 10.0. The van der Waals surface area contributed by atoms with Crippen LogP contribution in [0, 0.1) is 6.92 Å². The normalized spacial score (nSPS) is 12.6. The molecule has 0 aliphatic carbocycles. The molecule has 202 valence electrons. The van der Waals surface area contributed by atoms with Crippen molar-refractivity contribution in [1.29, 1.82) is 0 Å². The van der Waals surface area contributed by atoms with Crippen LogP contribution in [0.3, 0.4) is 0 Å². The number of benzene rings is 3. The first-order valence-corrected chi connectivity index (χ1v) is 14.1. The maximum Gasteiger partial charge on any atom is 0.261 e. The van der Waals surface area contributed by atoms with Gasteiger partial charge in [0, 0.05) is 19.0 Å². The third-order valence-corrected chi connectivity index (χ3v) is 7.34. The molecule has 0 aliphatic rings. The highest BCUT2D eigenvalue weighted by atomic mass is 79.9. The first-order valence-electron chi connectivity index (χ1n) is 13.3. The van der Waals surface area contributed by atoms with Crippen molar-refractivity contribution < 1.29 is 14.3 Å². The van der Waals surface area contributed by atoms with Gasteiger partial charge in [-0.3, -0.25) is 9.59 Å². The Bertz CT molecular complexity index is 1200. The van der Waals surface area contributed by atoms with Crippen LogP contribution in [-0.4, -0.2) is 35.4 Å². The maximum atomic E-state index is 13.8. The van der Waals surface area contributed by atoms with Crippen molar-refractivity contribution in [1.82, 2.24) is 10.2 Å². The molecule has 0 radical (unpaired) electrons. The number of halogens is 1.